The number of nitrogens with zero attached hydrogens (tertiary/aromatic N) is 3. The summed E-state index contributed by atoms with van der Waals surface area (Å²) in [6.45, 7) is 15.5. The van der Waals surface area contributed by atoms with Crippen molar-refractivity contribution in [2.75, 3.05) is 72.6 Å². The van der Waals surface area contributed by atoms with Crippen LogP contribution in [0.5, 0.6) is 0 Å². The predicted molar refractivity (Wildman–Crippen MR) is 119 cm³/mol. The monoisotopic (exact) mass is 395 g/mol. The first-order chi connectivity index (χ1) is 13.7. The van der Waals surface area contributed by atoms with Gasteiger partial charge < -0.3 is 25.2 Å². The highest BCUT2D eigenvalue weighted by molar-refractivity contribution is 5.79. The fraction of sp³-hybridized carbons (Fsp3) is 0.955. The summed E-state index contributed by atoms with van der Waals surface area (Å²) in [5, 5.41) is 6.98. The average molecular weight is 396 g/mol. The lowest BCUT2D eigenvalue weighted by atomic mass is 9.83. The van der Waals surface area contributed by atoms with Gasteiger partial charge in [0.2, 0.25) is 0 Å². The number of guanidine groups is 1. The van der Waals surface area contributed by atoms with Crippen LogP contribution in [0.2, 0.25) is 0 Å². The molecule has 0 bridgehead atoms. The Hall–Kier alpha value is -0.850. The summed E-state index contributed by atoms with van der Waals surface area (Å²) in [5.41, 5.74) is 0.360. The summed E-state index contributed by atoms with van der Waals surface area (Å²) in [6.07, 6.45) is 8.88. The molecule has 0 radical (unpaired) electrons. The Morgan fingerprint density at radius 1 is 1.00 bits per heavy atom. The summed E-state index contributed by atoms with van der Waals surface area (Å²) in [6, 6.07) is 0. The van der Waals surface area contributed by atoms with E-state index in [9.17, 15) is 0 Å². The maximum atomic E-state index is 5.35. The fourth-order valence-electron chi connectivity index (χ4n) is 4.52. The molecule has 0 aromatic heterocycles. The molecule has 2 N–H and O–H groups in total. The van der Waals surface area contributed by atoms with Crippen molar-refractivity contribution in [2.45, 2.75) is 58.8 Å². The van der Waals surface area contributed by atoms with E-state index in [-0.39, 0.29) is 0 Å². The maximum absolute atomic E-state index is 5.35. The van der Waals surface area contributed by atoms with Gasteiger partial charge in [0.1, 0.15) is 0 Å². The van der Waals surface area contributed by atoms with E-state index in [1.165, 1.54) is 77.8 Å². The van der Waals surface area contributed by atoms with Gasteiger partial charge in [-0.1, -0.05) is 19.8 Å². The third-order valence-corrected chi connectivity index (χ3v) is 6.52. The first kappa shape index (κ1) is 23.4. The Balaban J connectivity index is 1.66. The molecule has 2 rings (SSSR count). The van der Waals surface area contributed by atoms with E-state index in [1.54, 1.807) is 7.11 Å². The van der Waals surface area contributed by atoms with Crippen molar-refractivity contribution in [1.82, 2.24) is 20.4 Å². The summed E-state index contributed by atoms with van der Waals surface area (Å²) in [7, 11) is 1.81. The maximum Gasteiger partial charge on any atom is 0.191 e. The topological polar surface area (TPSA) is 52.1 Å². The van der Waals surface area contributed by atoms with Crippen molar-refractivity contribution in [3.05, 3.63) is 0 Å². The summed E-state index contributed by atoms with van der Waals surface area (Å²) in [5.74, 6) is 0.989. The van der Waals surface area contributed by atoms with Gasteiger partial charge >= 0.3 is 0 Å². The summed E-state index contributed by atoms with van der Waals surface area (Å²) < 4.78 is 5.35. The molecule has 1 aliphatic heterocycles. The van der Waals surface area contributed by atoms with Gasteiger partial charge in [0.15, 0.2) is 5.96 Å². The number of piperazine rings is 1. The minimum atomic E-state index is 0.360. The van der Waals surface area contributed by atoms with Crippen molar-refractivity contribution < 1.29 is 4.74 Å². The normalized spacial score (nSPS) is 21.2. The van der Waals surface area contributed by atoms with Gasteiger partial charge in [-0.15, -0.1) is 0 Å². The van der Waals surface area contributed by atoms with Gasteiger partial charge in [0.05, 0.1) is 0 Å². The van der Waals surface area contributed by atoms with Crippen LogP contribution in [0, 0.1) is 5.41 Å². The molecule has 2 fully saturated rings. The lowest BCUT2D eigenvalue weighted by Gasteiger charge is -2.34. The lowest BCUT2D eigenvalue weighted by molar-refractivity contribution is 0.136. The first-order valence-electron chi connectivity index (χ1n) is 11.7. The number of hydrogen-bond acceptors (Lipinski definition) is 4. The summed E-state index contributed by atoms with van der Waals surface area (Å²) >= 11 is 0. The van der Waals surface area contributed by atoms with Crippen LogP contribution in [0.15, 0.2) is 4.99 Å². The number of ether oxygens (including phenoxy) is 1. The average Bonchev–Trinajstić information content (AvgIpc) is 3.20. The highest BCUT2D eigenvalue weighted by Gasteiger charge is 2.33. The number of unbranched alkanes of at least 4 members (excludes halogenated alkanes) is 1. The second kappa shape index (κ2) is 13.4. The fourth-order valence-corrected chi connectivity index (χ4v) is 4.52. The molecular weight excluding hydrogens is 350 g/mol. The predicted octanol–water partition coefficient (Wildman–Crippen LogP) is 2.56. The molecule has 0 amide bonds. The van der Waals surface area contributed by atoms with Gasteiger partial charge in [-0.2, -0.15) is 0 Å². The molecule has 2 aliphatic rings. The van der Waals surface area contributed by atoms with Crippen molar-refractivity contribution in [2.24, 2.45) is 10.4 Å². The van der Waals surface area contributed by atoms with Crippen LogP contribution in [0.3, 0.4) is 0 Å². The molecule has 0 aromatic carbocycles. The van der Waals surface area contributed by atoms with Gasteiger partial charge in [0, 0.05) is 59.5 Å². The van der Waals surface area contributed by atoms with Crippen LogP contribution >= 0.6 is 0 Å². The molecule has 164 valence electrons. The SMILES string of the molecule is CCNC(=NCC1(CCOC)CCCC1)NCCCCN1CCN(CC)CC1. The van der Waals surface area contributed by atoms with Gasteiger partial charge in [0.25, 0.3) is 0 Å². The zero-order valence-corrected chi connectivity index (χ0v) is 18.8. The van der Waals surface area contributed by atoms with E-state index >= 15 is 0 Å². The van der Waals surface area contributed by atoms with E-state index in [0.29, 0.717) is 5.41 Å². The van der Waals surface area contributed by atoms with E-state index in [1.807, 2.05) is 0 Å². The molecule has 6 heteroatoms. The van der Waals surface area contributed by atoms with Crippen molar-refractivity contribution in [3.63, 3.8) is 0 Å². The standard InChI is InChI=1S/C22H45N5O/c1-4-23-21(25-20-22(12-19-28-3)10-6-7-11-22)24-13-8-9-14-27-17-15-26(5-2)16-18-27/h4-20H2,1-3H3,(H2,23,24,25). The van der Waals surface area contributed by atoms with Crippen LogP contribution < -0.4 is 10.6 Å². The zero-order valence-electron chi connectivity index (χ0n) is 18.8. The van der Waals surface area contributed by atoms with Crippen LogP contribution in [0.4, 0.5) is 0 Å². The van der Waals surface area contributed by atoms with E-state index in [4.69, 9.17) is 9.73 Å². The second-order valence-corrected chi connectivity index (χ2v) is 8.55. The number of rotatable bonds is 12. The molecule has 0 aromatic rings. The highest BCUT2D eigenvalue weighted by atomic mass is 16.5. The first-order valence-corrected chi connectivity index (χ1v) is 11.7. The molecular formula is C22H45N5O. The quantitative estimate of drug-likeness (QED) is 0.302. The Kier molecular flexibility index (Phi) is 11.2. The zero-order chi connectivity index (χ0) is 20.1. The number of nitrogens with one attached hydrogen (secondary N) is 2. The molecule has 6 nitrogen and oxygen atoms in total. The van der Waals surface area contributed by atoms with Crippen LogP contribution in [-0.2, 0) is 4.74 Å². The highest BCUT2D eigenvalue weighted by Crippen LogP contribution is 2.41. The minimum Gasteiger partial charge on any atom is -0.385 e. The molecule has 1 saturated carbocycles. The van der Waals surface area contributed by atoms with Crippen LogP contribution in [-0.4, -0.2) is 88.4 Å². The van der Waals surface area contributed by atoms with Gasteiger partial charge in [-0.25, -0.2) is 0 Å². The Morgan fingerprint density at radius 2 is 1.71 bits per heavy atom. The van der Waals surface area contributed by atoms with Crippen LogP contribution in [0.25, 0.3) is 0 Å². The number of hydrogen-bond donors (Lipinski definition) is 2. The van der Waals surface area contributed by atoms with E-state index in [0.717, 1.165) is 38.6 Å². The second-order valence-electron chi connectivity index (χ2n) is 8.55. The minimum absolute atomic E-state index is 0.360. The third kappa shape index (κ3) is 8.26. The third-order valence-electron chi connectivity index (χ3n) is 6.52. The Bertz CT molecular complexity index is 429. The van der Waals surface area contributed by atoms with E-state index in [2.05, 4.69) is 34.3 Å². The summed E-state index contributed by atoms with van der Waals surface area (Å²) in [4.78, 5) is 10.1. The molecule has 0 unspecified atom stereocenters. The molecule has 0 atom stereocenters. The Morgan fingerprint density at radius 3 is 2.36 bits per heavy atom. The van der Waals surface area contributed by atoms with Crippen LogP contribution in [0.1, 0.15) is 58.8 Å². The van der Waals surface area contributed by atoms with Crippen molar-refractivity contribution in [3.8, 4) is 0 Å². The molecule has 1 aliphatic carbocycles. The molecule has 28 heavy (non-hydrogen) atoms. The van der Waals surface area contributed by atoms with Gasteiger partial charge in [-0.3, -0.25) is 4.99 Å². The molecule has 1 saturated heterocycles. The lowest BCUT2D eigenvalue weighted by Crippen LogP contribution is -2.46. The number of aliphatic imine (C=N–C) groups is 1. The largest absolute Gasteiger partial charge is 0.385 e. The Labute approximate surface area is 173 Å². The molecule has 1 heterocycles. The number of methoxy groups -OCH3 is 1. The van der Waals surface area contributed by atoms with E-state index < -0.39 is 0 Å². The van der Waals surface area contributed by atoms with Crippen molar-refractivity contribution >= 4 is 5.96 Å². The smallest absolute Gasteiger partial charge is 0.191 e. The van der Waals surface area contributed by atoms with Gasteiger partial charge in [-0.05, 0) is 57.5 Å². The molecule has 0 spiro atoms. The number of likely N-dealkylation sites (N-methyl/N-ethyl adjacent to an activating group) is 1. The van der Waals surface area contributed by atoms with Crippen molar-refractivity contribution in [1.29, 1.82) is 0 Å².